The van der Waals surface area contributed by atoms with E-state index in [-0.39, 0.29) is 6.10 Å². The van der Waals surface area contributed by atoms with Crippen molar-refractivity contribution in [2.24, 2.45) is 7.05 Å². The van der Waals surface area contributed by atoms with Crippen molar-refractivity contribution in [3.8, 4) is 22.5 Å². The van der Waals surface area contributed by atoms with Gasteiger partial charge in [-0.15, -0.1) is 0 Å². The molecule has 1 saturated heterocycles. The molecule has 0 radical (unpaired) electrons. The van der Waals surface area contributed by atoms with E-state index in [0.717, 1.165) is 65.0 Å². The predicted octanol–water partition coefficient (Wildman–Crippen LogP) is 4.04. The van der Waals surface area contributed by atoms with Crippen molar-refractivity contribution in [3.05, 3.63) is 43.0 Å². The van der Waals surface area contributed by atoms with E-state index in [2.05, 4.69) is 46.8 Å². The highest BCUT2D eigenvalue weighted by atomic mass is 28.3. The van der Waals surface area contributed by atoms with Crippen molar-refractivity contribution in [3.63, 3.8) is 0 Å². The molecule has 5 heterocycles. The number of fused-ring (bicyclic) bond motifs is 1. The Labute approximate surface area is 206 Å². The monoisotopic (exact) mass is 491 g/mol. The summed E-state index contributed by atoms with van der Waals surface area (Å²) in [5.74, 6) is 0.937. The molecule has 10 heteroatoms. The highest BCUT2D eigenvalue weighted by Gasteiger charge is 2.28. The first-order valence-electron chi connectivity index (χ1n) is 12.0. The number of rotatable bonds is 9. The van der Waals surface area contributed by atoms with Crippen LogP contribution in [-0.2, 0) is 23.3 Å². The number of aromatic nitrogens is 6. The molecule has 5 rings (SSSR count). The third kappa shape index (κ3) is 5.14. The van der Waals surface area contributed by atoms with Crippen molar-refractivity contribution in [1.82, 2.24) is 29.5 Å². The van der Waals surface area contributed by atoms with Gasteiger partial charge in [-0.2, -0.15) is 10.2 Å². The average Bonchev–Trinajstić information content (AvgIpc) is 3.39. The molecule has 0 aromatic carbocycles. The summed E-state index contributed by atoms with van der Waals surface area (Å²) in [6.45, 7) is 9.91. The number of nitrogens with zero attached hydrogens (tertiary/aromatic N) is 7. The molecule has 4 aromatic heterocycles. The summed E-state index contributed by atoms with van der Waals surface area (Å²) in [5.41, 5.74) is 4.70. The molecule has 1 aliphatic rings. The molecule has 1 fully saturated rings. The van der Waals surface area contributed by atoms with Gasteiger partial charge >= 0.3 is 0 Å². The van der Waals surface area contributed by atoms with Crippen molar-refractivity contribution in [2.45, 2.75) is 38.5 Å². The molecule has 1 aliphatic heterocycles. The van der Waals surface area contributed by atoms with Crippen LogP contribution < -0.4 is 4.90 Å². The van der Waals surface area contributed by atoms with Gasteiger partial charge in [-0.05, 0) is 24.2 Å². The summed E-state index contributed by atoms with van der Waals surface area (Å²) in [4.78, 5) is 11.5. The van der Waals surface area contributed by atoms with Crippen molar-refractivity contribution < 1.29 is 9.47 Å². The van der Waals surface area contributed by atoms with Crippen molar-refractivity contribution in [2.75, 3.05) is 31.7 Å². The lowest BCUT2D eigenvalue weighted by molar-refractivity contribution is 0.0783. The lowest BCUT2D eigenvalue weighted by atomic mass is 10.1. The zero-order chi connectivity index (χ0) is 24.6. The molecule has 0 atom stereocenters. The van der Waals surface area contributed by atoms with Gasteiger partial charge in [-0.3, -0.25) is 9.67 Å². The molecular weight excluding hydrogens is 458 g/mol. The summed E-state index contributed by atoms with van der Waals surface area (Å²) in [6, 6.07) is 7.33. The van der Waals surface area contributed by atoms with Crippen LogP contribution in [0.4, 0.5) is 5.82 Å². The second-order valence-electron chi connectivity index (χ2n) is 10.4. The van der Waals surface area contributed by atoms with Gasteiger partial charge in [0, 0.05) is 70.8 Å². The van der Waals surface area contributed by atoms with Crippen LogP contribution in [0.5, 0.6) is 0 Å². The Balaban J connectivity index is 1.50. The molecule has 0 saturated carbocycles. The summed E-state index contributed by atoms with van der Waals surface area (Å²) in [7, 11) is 2.50. The summed E-state index contributed by atoms with van der Waals surface area (Å²) < 4.78 is 15.2. The maximum atomic E-state index is 6.04. The van der Waals surface area contributed by atoms with Gasteiger partial charge < -0.3 is 14.4 Å². The minimum absolute atomic E-state index is 0.266. The predicted molar refractivity (Wildman–Crippen MR) is 140 cm³/mol. The summed E-state index contributed by atoms with van der Waals surface area (Å²) in [6.07, 6.45) is 7.80. The first-order chi connectivity index (χ1) is 16.8. The van der Waals surface area contributed by atoms with Gasteiger partial charge in [0.05, 0.1) is 29.7 Å². The first kappa shape index (κ1) is 23.6. The largest absolute Gasteiger partial charge is 0.378 e. The van der Waals surface area contributed by atoms with E-state index in [9.17, 15) is 0 Å². The summed E-state index contributed by atoms with van der Waals surface area (Å²) in [5, 5.41) is 10.3. The molecule has 0 spiro atoms. The lowest BCUT2D eigenvalue weighted by Crippen LogP contribution is -2.52. The Morgan fingerprint density at radius 1 is 1.09 bits per heavy atom. The second kappa shape index (κ2) is 9.52. The van der Waals surface area contributed by atoms with E-state index in [4.69, 9.17) is 19.6 Å². The highest BCUT2D eigenvalue weighted by molar-refractivity contribution is 6.76. The maximum Gasteiger partial charge on any atom is 0.140 e. The average molecular weight is 492 g/mol. The van der Waals surface area contributed by atoms with E-state index in [1.54, 1.807) is 11.8 Å². The van der Waals surface area contributed by atoms with Gasteiger partial charge in [0.2, 0.25) is 0 Å². The van der Waals surface area contributed by atoms with Gasteiger partial charge in [0.25, 0.3) is 0 Å². The maximum absolute atomic E-state index is 6.04. The van der Waals surface area contributed by atoms with Gasteiger partial charge in [0.1, 0.15) is 18.2 Å². The Kier molecular flexibility index (Phi) is 6.43. The fourth-order valence-corrected chi connectivity index (χ4v) is 4.89. The van der Waals surface area contributed by atoms with E-state index >= 15 is 0 Å². The molecule has 9 nitrogen and oxygen atoms in total. The normalized spacial score (nSPS) is 14.6. The second-order valence-corrected chi connectivity index (χ2v) is 16.0. The first-order valence-corrected chi connectivity index (χ1v) is 15.7. The fourth-order valence-electron chi connectivity index (χ4n) is 4.14. The van der Waals surface area contributed by atoms with Crippen LogP contribution in [0.25, 0.3) is 33.4 Å². The fraction of sp³-hybridized carbons (Fsp3) is 0.440. The van der Waals surface area contributed by atoms with Gasteiger partial charge in [-0.1, -0.05) is 19.6 Å². The van der Waals surface area contributed by atoms with Gasteiger partial charge in [-0.25, -0.2) is 9.67 Å². The quantitative estimate of drug-likeness (QED) is 0.258. The smallest absolute Gasteiger partial charge is 0.140 e. The summed E-state index contributed by atoms with van der Waals surface area (Å²) >= 11 is 0. The van der Waals surface area contributed by atoms with Crippen LogP contribution in [0.3, 0.4) is 0 Å². The van der Waals surface area contributed by atoms with Crippen LogP contribution in [0, 0.1) is 0 Å². The molecule has 184 valence electrons. The number of aryl methyl sites for hydroxylation is 1. The number of anilines is 1. The minimum atomic E-state index is -1.16. The van der Waals surface area contributed by atoms with E-state index in [0.29, 0.717) is 6.73 Å². The zero-order valence-electron chi connectivity index (χ0n) is 21.1. The third-order valence-corrected chi connectivity index (χ3v) is 8.08. The molecule has 0 N–H and O–H groups in total. The SMILES string of the molecule is COC1CN(c2cc(-c3nn(COCC[Si](C)(C)C)c4cnc(-c5cnn(C)c5)cc34)ccn2)C1. The molecule has 35 heavy (non-hydrogen) atoms. The molecule has 0 aliphatic carbocycles. The number of pyridine rings is 2. The number of hydrogen-bond donors (Lipinski definition) is 0. The number of ether oxygens (including phenoxy) is 2. The van der Waals surface area contributed by atoms with E-state index < -0.39 is 8.07 Å². The minimum Gasteiger partial charge on any atom is -0.378 e. The van der Waals surface area contributed by atoms with E-state index in [1.807, 2.05) is 42.6 Å². The Morgan fingerprint density at radius 2 is 1.91 bits per heavy atom. The van der Waals surface area contributed by atoms with Crippen molar-refractivity contribution >= 4 is 24.8 Å². The van der Waals surface area contributed by atoms with Crippen LogP contribution in [-0.4, -0.2) is 70.5 Å². The Bertz CT molecular complexity index is 1320. The van der Waals surface area contributed by atoms with Crippen LogP contribution in [0.15, 0.2) is 43.0 Å². The standard InChI is InChI=1S/C25H33N7O2Si/c1-30-14-19(12-28-30)22-11-21-23(13-27-22)32(17-34-8-9-35(3,4)5)29-25(21)18-6-7-26-24(10-18)31-15-20(16-31)33-2/h6-7,10-14,20H,8-9,15-17H2,1-5H3. The molecule has 0 amide bonds. The Morgan fingerprint density at radius 3 is 2.63 bits per heavy atom. The zero-order valence-corrected chi connectivity index (χ0v) is 22.1. The highest BCUT2D eigenvalue weighted by Crippen LogP contribution is 2.32. The van der Waals surface area contributed by atoms with Crippen molar-refractivity contribution in [1.29, 1.82) is 0 Å². The van der Waals surface area contributed by atoms with Crippen LogP contribution in [0.2, 0.25) is 25.7 Å². The topological polar surface area (TPSA) is 83.1 Å². The van der Waals surface area contributed by atoms with E-state index in [1.165, 1.54) is 0 Å². The molecule has 0 unspecified atom stereocenters. The Hall–Kier alpha value is -3.08. The van der Waals surface area contributed by atoms with Crippen LogP contribution in [0.1, 0.15) is 0 Å². The molecule has 4 aromatic rings. The third-order valence-electron chi connectivity index (χ3n) is 6.37. The molecule has 0 bridgehead atoms. The van der Waals surface area contributed by atoms with Crippen LogP contribution >= 0.6 is 0 Å². The molecular formula is C25H33N7O2Si. The lowest BCUT2D eigenvalue weighted by Gasteiger charge is -2.39. The number of hydrogen-bond acceptors (Lipinski definition) is 7. The van der Waals surface area contributed by atoms with Gasteiger partial charge in [0.15, 0.2) is 0 Å². The number of methoxy groups -OCH3 is 1.